The summed E-state index contributed by atoms with van der Waals surface area (Å²) >= 11 is 0. The van der Waals surface area contributed by atoms with Crippen LogP contribution in [0, 0.1) is 0 Å². The zero-order valence-electron chi connectivity index (χ0n) is 40.7. The topological polar surface area (TPSA) is 417 Å². The zero-order chi connectivity index (χ0) is 57.3. The predicted molar refractivity (Wildman–Crippen MR) is 295 cm³/mol. The number of H-pyrrole nitrogens is 2. The standard InChI is InChI=1S/C52H42N8O16S4/c61-45(25-77(65,66)67)57-33-13-5-1-9-29(33)49-37-17-19-39(53-37)50(30-10-2-6-14-34(30)58-46(62)26-78(68,69)70)41-21-23-43(55-41)52(32-12-4-8-16-36(32)60-48(64)28-80(74,75)76)44-24-22-42(56-44)51(40-20-18-38(49)54-40)31-11-3-7-15-35(31)59-47(63)27-79(71,72)73/h1-24,53,56H,25-28H2,(H,57,61)(H,58,62)(H,59,63)(H,60,64)(H,65,66,67)(H,68,69,70)(H,71,72,73)(H,74,75,76)/p-4. The number of benzene rings is 4. The number of hydrogen-bond donors (Lipinski definition) is 6. The summed E-state index contributed by atoms with van der Waals surface area (Å²) in [6.07, 6.45) is 6.32. The quantitative estimate of drug-likeness (QED) is 0.0442. The minimum atomic E-state index is -4.83. The van der Waals surface area contributed by atoms with Crippen molar-refractivity contribution >= 4 is 133 Å². The molecule has 7 aromatic rings. The predicted octanol–water partition coefficient (Wildman–Crippen LogP) is 4.44. The Morgan fingerprint density at radius 3 is 0.750 bits per heavy atom. The Kier molecular flexibility index (Phi) is 15.3. The molecule has 6 N–H and O–H groups in total. The van der Waals surface area contributed by atoms with E-state index in [1.807, 2.05) is 0 Å². The molecule has 8 bridgehead atoms. The van der Waals surface area contributed by atoms with Crippen LogP contribution in [0.4, 0.5) is 22.7 Å². The second kappa shape index (κ2) is 22.0. The highest BCUT2D eigenvalue weighted by atomic mass is 32.2. The van der Waals surface area contributed by atoms with Crippen LogP contribution in [0.15, 0.2) is 141 Å². The fraction of sp³-hybridized carbons (Fsp3) is 0.0769. The van der Waals surface area contributed by atoms with Gasteiger partial charge in [0.1, 0.15) is 23.0 Å². The first-order valence-corrected chi connectivity index (χ1v) is 29.5. The third-order valence-electron chi connectivity index (χ3n) is 11.7. The monoisotopic (exact) mass is 1160 g/mol. The molecule has 0 aliphatic carbocycles. The van der Waals surface area contributed by atoms with Crippen LogP contribution < -0.4 is 20.4 Å². The number of aromatic nitrogens is 4. The van der Waals surface area contributed by atoms with Gasteiger partial charge in [0.15, 0.2) is 0 Å². The van der Waals surface area contributed by atoms with Gasteiger partial charge in [-0.25, -0.2) is 9.97 Å². The van der Waals surface area contributed by atoms with Gasteiger partial charge >= 0.3 is 0 Å². The molecule has 0 atom stereocenters. The second-order valence-electron chi connectivity index (χ2n) is 17.5. The lowest BCUT2D eigenvalue weighted by Gasteiger charge is -2.13. The average Bonchev–Trinajstić information content (AvgIpc) is 4.22. The van der Waals surface area contributed by atoms with E-state index < -0.39 is 87.1 Å². The van der Waals surface area contributed by atoms with Gasteiger partial charge in [0.25, 0.3) is 40.5 Å². The third kappa shape index (κ3) is 13.3. The summed E-state index contributed by atoms with van der Waals surface area (Å²) in [7, 11) is -19.3. The van der Waals surface area contributed by atoms with Crippen LogP contribution in [0.5, 0.6) is 0 Å². The number of para-hydroxylation sites is 4. The van der Waals surface area contributed by atoms with Crippen molar-refractivity contribution in [3.8, 4) is 44.5 Å². The Morgan fingerprint density at radius 2 is 0.550 bits per heavy atom. The second-order valence-corrected chi connectivity index (χ2v) is 23.3. The highest BCUT2D eigenvalue weighted by molar-refractivity contribution is 7.87. The van der Waals surface area contributed by atoms with Crippen LogP contribution in [-0.4, -0.2) is 118 Å². The highest BCUT2D eigenvalue weighted by Gasteiger charge is 2.23. The molecule has 28 heteroatoms. The Balaban J connectivity index is 1.49. The lowest BCUT2D eigenvalue weighted by molar-refractivity contribution is -0.215. The molecule has 0 amide bonds. The van der Waals surface area contributed by atoms with Gasteiger partial charge < -0.3 is 30.4 Å². The summed E-state index contributed by atoms with van der Waals surface area (Å²) in [5.41, 5.74) is 2.93. The summed E-state index contributed by atoms with van der Waals surface area (Å²) < 4.78 is 133. The van der Waals surface area contributed by atoms with Crippen LogP contribution in [-0.2, 0) is 40.5 Å². The molecule has 0 radical (unpaired) electrons. The zero-order valence-corrected chi connectivity index (χ0v) is 44.0. The van der Waals surface area contributed by atoms with E-state index >= 15 is 0 Å². The fourth-order valence-corrected chi connectivity index (χ4v) is 10.3. The van der Waals surface area contributed by atoms with Crippen molar-refractivity contribution < 1.29 is 72.3 Å². The number of aliphatic imine (C=N–C) groups is 4. The number of rotatable bonds is 16. The van der Waals surface area contributed by atoms with E-state index in [1.165, 1.54) is 48.5 Å². The van der Waals surface area contributed by atoms with Crippen molar-refractivity contribution in [1.29, 1.82) is 0 Å². The molecule has 80 heavy (non-hydrogen) atoms. The average molecular weight is 1160 g/mol. The van der Waals surface area contributed by atoms with Gasteiger partial charge in [-0.2, -0.15) is 33.7 Å². The summed E-state index contributed by atoms with van der Waals surface area (Å²) in [4.78, 5) is 33.1. The molecule has 0 fully saturated rings. The van der Waals surface area contributed by atoms with Gasteiger partial charge in [-0.05, 0) is 96.4 Å². The van der Waals surface area contributed by atoms with Gasteiger partial charge in [-0.15, -0.1) is 0 Å². The summed E-state index contributed by atoms with van der Waals surface area (Å²) in [5.74, 6) is -10.3. The van der Waals surface area contributed by atoms with Crippen LogP contribution >= 0.6 is 0 Å². The van der Waals surface area contributed by atoms with E-state index in [0.29, 0.717) is 0 Å². The molecule has 0 saturated heterocycles. The molecule has 0 spiro atoms. The van der Waals surface area contributed by atoms with E-state index in [4.69, 9.17) is 9.97 Å². The van der Waals surface area contributed by atoms with Gasteiger partial charge in [0, 0.05) is 66.6 Å². The number of hydrogen-bond acceptors (Lipinski definition) is 18. The molecule has 2 aliphatic heterocycles. The van der Waals surface area contributed by atoms with Crippen molar-refractivity contribution in [2.24, 2.45) is 20.0 Å². The maximum absolute atomic E-state index is 13.1. The number of nitrogens with zero attached hydrogens (tertiary/aromatic N) is 6. The maximum atomic E-state index is 13.1. The Labute approximate surface area is 454 Å². The van der Waals surface area contributed by atoms with E-state index in [-0.39, 0.29) is 112 Å². The van der Waals surface area contributed by atoms with Gasteiger partial charge in [-0.1, -0.05) is 72.8 Å². The lowest BCUT2D eigenvalue weighted by Crippen LogP contribution is -2.26. The van der Waals surface area contributed by atoms with Crippen LogP contribution in [0.1, 0.15) is 22.8 Å². The fourth-order valence-electron chi connectivity index (χ4n) is 8.76. The van der Waals surface area contributed by atoms with Gasteiger partial charge in [0.2, 0.25) is 0 Å². The molecule has 4 aromatic carbocycles. The normalized spacial score (nSPS) is 13.8. The number of aromatic amines is 2. The molecule has 0 saturated carbocycles. The molecule has 24 nitrogen and oxygen atoms in total. The molecular weight excluding hydrogens is 1120 g/mol. The number of fused-ring (bicyclic) bond motifs is 8. The molecular formula is C52H38N8O16S4-4. The Morgan fingerprint density at radius 1 is 0.350 bits per heavy atom. The first-order chi connectivity index (χ1) is 37.8. The molecule has 2 aliphatic rings. The Bertz CT molecular complexity index is 3980. The first-order valence-electron chi connectivity index (χ1n) is 23.1. The third-order valence-corrected chi connectivity index (χ3v) is 14.1. The van der Waals surface area contributed by atoms with Gasteiger partial charge in [-0.3, -0.25) is 38.2 Å². The molecule has 410 valence electrons. The SMILES string of the molecule is O=S(=O)(O)CC([O-])=Nc1ccccc1-c1c2nc(c(-c3ccccc3N=C([O-])CS(=O)(=O)O)c3ccc([nH]3)c(-c3ccccc3N=C([O-])CS(=O)(=O)O)c3nc(c(-c4ccccc4N=C([O-])CS(=O)(=O)O)c4ccc1[nH]4)C=C3)C=C2. The minimum absolute atomic E-state index is 0.0752. The molecule has 5 heterocycles. The molecule has 9 rings (SSSR count). The van der Waals surface area contributed by atoms with Crippen molar-refractivity contribution in [1.82, 2.24) is 19.9 Å². The van der Waals surface area contributed by atoms with Crippen LogP contribution in [0.25, 0.3) is 90.9 Å². The summed E-state index contributed by atoms with van der Waals surface area (Å²) in [6.45, 7) is 0. The molecule has 3 aromatic heterocycles. The largest absolute Gasteiger partial charge is 0.861 e. The van der Waals surface area contributed by atoms with Crippen molar-refractivity contribution in [3.05, 3.63) is 144 Å². The maximum Gasteiger partial charge on any atom is 0.269 e. The van der Waals surface area contributed by atoms with Crippen molar-refractivity contribution in [2.45, 2.75) is 0 Å². The smallest absolute Gasteiger partial charge is 0.269 e. The van der Waals surface area contributed by atoms with Crippen LogP contribution in [0.2, 0.25) is 0 Å². The lowest BCUT2D eigenvalue weighted by atomic mass is 10.0. The van der Waals surface area contributed by atoms with Crippen LogP contribution in [0.3, 0.4) is 0 Å². The van der Waals surface area contributed by atoms with E-state index in [0.717, 1.165) is 0 Å². The summed E-state index contributed by atoms with van der Waals surface area (Å²) in [5, 5.41) is 52.4. The molecule has 0 unspecified atom stereocenters. The van der Waals surface area contributed by atoms with E-state index in [9.17, 15) is 72.3 Å². The van der Waals surface area contributed by atoms with Crippen molar-refractivity contribution in [2.75, 3.05) is 23.0 Å². The van der Waals surface area contributed by atoms with Gasteiger partial charge in [0.05, 0.1) is 45.5 Å². The minimum Gasteiger partial charge on any atom is -0.861 e. The van der Waals surface area contributed by atoms with Crippen molar-refractivity contribution in [3.63, 3.8) is 0 Å². The Hall–Kier alpha value is -9.00. The first kappa shape index (κ1) is 55.7. The van der Waals surface area contributed by atoms with E-state index in [2.05, 4.69) is 29.9 Å². The number of nitrogens with one attached hydrogen (secondary N) is 2. The summed E-state index contributed by atoms with van der Waals surface area (Å²) in [6, 6.07) is 30.8. The highest BCUT2D eigenvalue weighted by Crippen LogP contribution is 2.44. The van der Waals surface area contributed by atoms with E-state index in [1.54, 1.807) is 97.1 Å².